The van der Waals surface area contributed by atoms with Crippen molar-refractivity contribution < 1.29 is 9.59 Å². The highest BCUT2D eigenvalue weighted by Crippen LogP contribution is 2.23. The van der Waals surface area contributed by atoms with E-state index in [0.717, 1.165) is 33.9 Å². The Morgan fingerprint density at radius 2 is 1.39 bits per heavy atom. The van der Waals surface area contributed by atoms with Crippen LogP contribution < -0.4 is 10.6 Å². The van der Waals surface area contributed by atoms with Crippen LogP contribution in [0.5, 0.6) is 0 Å². The average molecular weight is 420 g/mol. The van der Waals surface area contributed by atoms with Crippen LogP contribution in [0.15, 0.2) is 48.5 Å². The highest BCUT2D eigenvalue weighted by Gasteiger charge is 2.17. The number of benzene rings is 2. The molecule has 0 aliphatic rings. The Kier molecular flexibility index (Phi) is 6.87. The molecule has 0 spiro atoms. The van der Waals surface area contributed by atoms with Gasteiger partial charge in [-0.05, 0) is 58.0 Å². The third-order valence-corrected chi connectivity index (χ3v) is 5.13. The Balaban J connectivity index is 1.60. The lowest BCUT2D eigenvalue weighted by Crippen LogP contribution is -2.36. The number of hydrogen-bond acceptors (Lipinski definition) is 4. The quantitative estimate of drug-likeness (QED) is 0.613. The monoisotopic (exact) mass is 419 g/mol. The van der Waals surface area contributed by atoms with Crippen molar-refractivity contribution in [1.29, 1.82) is 0 Å². The fourth-order valence-electron chi connectivity index (χ4n) is 3.56. The standard InChI is InChI=1S/C24H29N5O2/c1-16-10-9-11-17(2)23(16)25-21(30)14-28(5)15-22(31)26-24-18(3)27-29(19(24)4)20-12-7-6-8-13-20/h6-13H,14-15H2,1-5H3,(H,25,30)(H,26,31). The molecular weight excluding hydrogens is 390 g/mol. The van der Waals surface area contributed by atoms with Crippen LogP contribution in [0.1, 0.15) is 22.5 Å². The van der Waals surface area contributed by atoms with Crippen molar-refractivity contribution in [2.24, 2.45) is 0 Å². The summed E-state index contributed by atoms with van der Waals surface area (Å²) in [5.41, 5.74) is 6.07. The summed E-state index contributed by atoms with van der Waals surface area (Å²) in [6.07, 6.45) is 0. The van der Waals surface area contributed by atoms with Crippen molar-refractivity contribution >= 4 is 23.2 Å². The molecule has 2 amide bonds. The molecule has 3 rings (SSSR count). The number of carbonyl (C=O) groups excluding carboxylic acids is 2. The third kappa shape index (κ3) is 5.38. The third-order valence-electron chi connectivity index (χ3n) is 5.13. The number of para-hydroxylation sites is 2. The second-order valence-electron chi connectivity index (χ2n) is 7.83. The largest absolute Gasteiger partial charge is 0.324 e. The van der Waals surface area contributed by atoms with Gasteiger partial charge in [-0.15, -0.1) is 0 Å². The predicted octanol–water partition coefficient (Wildman–Crippen LogP) is 3.61. The number of likely N-dealkylation sites (N-methyl/N-ethyl adjacent to an activating group) is 1. The molecule has 0 bridgehead atoms. The predicted molar refractivity (Wildman–Crippen MR) is 124 cm³/mol. The second kappa shape index (κ2) is 9.57. The van der Waals surface area contributed by atoms with Gasteiger partial charge in [-0.2, -0.15) is 5.10 Å². The first kappa shape index (κ1) is 22.2. The molecule has 1 heterocycles. The van der Waals surface area contributed by atoms with Crippen LogP contribution in [0.3, 0.4) is 0 Å². The second-order valence-corrected chi connectivity index (χ2v) is 7.83. The first-order valence-electron chi connectivity index (χ1n) is 10.2. The minimum Gasteiger partial charge on any atom is -0.324 e. The number of nitrogens with zero attached hydrogens (tertiary/aromatic N) is 3. The molecule has 0 unspecified atom stereocenters. The average Bonchev–Trinajstić information content (AvgIpc) is 2.99. The van der Waals surface area contributed by atoms with E-state index in [4.69, 9.17) is 0 Å². The van der Waals surface area contributed by atoms with E-state index in [1.54, 1.807) is 11.9 Å². The Labute approximate surface area is 183 Å². The number of amides is 2. The summed E-state index contributed by atoms with van der Waals surface area (Å²) in [6, 6.07) is 15.7. The maximum absolute atomic E-state index is 12.6. The topological polar surface area (TPSA) is 79.3 Å². The van der Waals surface area contributed by atoms with E-state index in [-0.39, 0.29) is 24.9 Å². The van der Waals surface area contributed by atoms with Crippen molar-refractivity contribution in [3.63, 3.8) is 0 Å². The number of aryl methyl sites for hydroxylation is 3. The normalized spacial score (nSPS) is 10.9. The van der Waals surface area contributed by atoms with E-state index in [0.29, 0.717) is 5.69 Å². The SMILES string of the molecule is Cc1cccc(C)c1NC(=O)CN(C)CC(=O)Nc1c(C)nn(-c2ccccc2)c1C. The summed E-state index contributed by atoms with van der Waals surface area (Å²) in [7, 11) is 1.75. The minimum absolute atomic E-state index is 0.0928. The summed E-state index contributed by atoms with van der Waals surface area (Å²) in [4.78, 5) is 26.7. The van der Waals surface area contributed by atoms with Gasteiger partial charge in [-0.25, -0.2) is 4.68 Å². The zero-order chi connectivity index (χ0) is 22.5. The molecule has 0 radical (unpaired) electrons. The summed E-state index contributed by atoms with van der Waals surface area (Å²) in [5, 5.41) is 10.4. The maximum Gasteiger partial charge on any atom is 0.238 e. The van der Waals surface area contributed by atoms with Crippen LogP contribution in [0.25, 0.3) is 5.69 Å². The lowest BCUT2D eigenvalue weighted by atomic mass is 10.1. The Morgan fingerprint density at radius 3 is 1.97 bits per heavy atom. The van der Waals surface area contributed by atoms with Crippen LogP contribution in [-0.4, -0.2) is 46.6 Å². The number of nitrogens with one attached hydrogen (secondary N) is 2. The maximum atomic E-state index is 12.6. The smallest absolute Gasteiger partial charge is 0.238 e. The molecule has 0 saturated heterocycles. The number of hydrogen-bond donors (Lipinski definition) is 2. The summed E-state index contributed by atoms with van der Waals surface area (Å²) >= 11 is 0. The van der Waals surface area contributed by atoms with Crippen molar-refractivity contribution in [3.05, 3.63) is 71.0 Å². The van der Waals surface area contributed by atoms with Gasteiger partial charge in [0.25, 0.3) is 0 Å². The zero-order valence-electron chi connectivity index (χ0n) is 18.7. The molecule has 2 aromatic carbocycles. The van der Waals surface area contributed by atoms with Crippen LogP contribution >= 0.6 is 0 Å². The van der Waals surface area contributed by atoms with Crippen molar-refractivity contribution in [2.45, 2.75) is 27.7 Å². The molecular formula is C24H29N5O2. The first-order valence-corrected chi connectivity index (χ1v) is 10.2. The van der Waals surface area contributed by atoms with Gasteiger partial charge in [0.1, 0.15) is 0 Å². The van der Waals surface area contributed by atoms with E-state index < -0.39 is 0 Å². The van der Waals surface area contributed by atoms with Gasteiger partial charge >= 0.3 is 0 Å². The van der Waals surface area contributed by atoms with Crippen LogP contribution in [-0.2, 0) is 9.59 Å². The lowest BCUT2D eigenvalue weighted by molar-refractivity contribution is -0.119. The van der Waals surface area contributed by atoms with E-state index in [1.165, 1.54) is 0 Å². The van der Waals surface area contributed by atoms with Crippen molar-refractivity contribution in [3.8, 4) is 5.69 Å². The molecule has 7 nitrogen and oxygen atoms in total. The van der Waals surface area contributed by atoms with Gasteiger partial charge in [0.15, 0.2) is 0 Å². The summed E-state index contributed by atoms with van der Waals surface area (Å²) in [6.45, 7) is 7.91. The molecule has 3 aromatic rings. The van der Waals surface area contributed by atoms with Crippen LogP contribution in [0, 0.1) is 27.7 Å². The van der Waals surface area contributed by atoms with Crippen molar-refractivity contribution in [1.82, 2.24) is 14.7 Å². The number of rotatable bonds is 7. The highest BCUT2D eigenvalue weighted by atomic mass is 16.2. The summed E-state index contributed by atoms with van der Waals surface area (Å²) < 4.78 is 1.81. The highest BCUT2D eigenvalue weighted by molar-refractivity contribution is 5.96. The Bertz CT molecular complexity index is 1070. The molecule has 162 valence electrons. The lowest BCUT2D eigenvalue weighted by Gasteiger charge is -2.17. The molecule has 0 saturated carbocycles. The minimum atomic E-state index is -0.193. The van der Waals surface area contributed by atoms with E-state index in [2.05, 4.69) is 15.7 Å². The Hall–Kier alpha value is -3.45. The Morgan fingerprint density at radius 1 is 0.839 bits per heavy atom. The van der Waals surface area contributed by atoms with Crippen molar-refractivity contribution in [2.75, 3.05) is 30.8 Å². The molecule has 0 aliphatic carbocycles. The molecule has 0 fully saturated rings. The fourth-order valence-corrected chi connectivity index (χ4v) is 3.56. The van der Waals surface area contributed by atoms with Gasteiger partial charge in [-0.1, -0.05) is 36.4 Å². The molecule has 0 aliphatic heterocycles. The van der Waals surface area contributed by atoms with Crippen LogP contribution in [0.4, 0.5) is 11.4 Å². The molecule has 0 atom stereocenters. The van der Waals surface area contributed by atoms with Crippen LogP contribution in [0.2, 0.25) is 0 Å². The number of anilines is 2. The van der Waals surface area contributed by atoms with E-state index in [9.17, 15) is 9.59 Å². The zero-order valence-corrected chi connectivity index (χ0v) is 18.7. The number of carbonyl (C=O) groups is 2. The number of aromatic nitrogens is 2. The summed E-state index contributed by atoms with van der Waals surface area (Å²) in [5.74, 6) is -0.349. The first-order chi connectivity index (χ1) is 14.8. The van der Waals surface area contributed by atoms with E-state index >= 15 is 0 Å². The van der Waals surface area contributed by atoms with Gasteiger partial charge in [0.05, 0.1) is 35.9 Å². The van der Waals surface area contributed by atoms with Gasteiger partial charge in [0, 0.05) is 5.69 Å². The van der Waals surface area contributed by atoms with Gasteiger partial charge in [-0.3, -0.25) is 14.5 Å². The van der Waals surface area contributed by atoms with E-state index in [1.807, 2.05) is 80.9 Å². The van der Waals surface area contributed by atoms with Gasteiger partial charge < -0.3 is 10.6 Å². The van der Waals surface area contributed by atoms with Gasteiger partial charge in [0.2, 0.25) is 11.8 Å². The molecule has 31 heavy (non-hydrogen) atoms. The molecule has 2 N–H and O–H groups in total. The molecule has 7 heteroatoms. The molecule has 1 aromatic heterocycles. The fraction of sp³-hybridized carbons (Fsp3) is 0.292.